The van der Waals surface area contributed by atoms with Crippen LogP contribution in [0.25, 0.3) is 38.8 Å². The van der Waals surface area contributed by atoms with Crippen LogP contribution in [0.5, 0.6) is 0 Å². The summed E-state index contributed by atoms with van der Waals surface area (Å²) in [5.74, 6) is 0. The van der Waals surface area contributed by atoms with Crippen molar-refractivity contribution in [2.45, 2.75) is 0 Å². The first-order valence-corrected chi connectivity index (χ1v) is 9.72. The molecule has 4 nitrogen and oxygen atoms in total. The van der Waals surface area contributed by atoms with E-state index in [1.807, 2.05) is 66.9 Å². The van der Waals surface area contributed by atoms with E-state index in [1.54, 1.807) is 12.1 Å². The molecule has 1 aromatic heterocycles. The molecule has 30 heavy (non-hydrogen) atoms. The minimum Gasteiger partial charge on any atom is -0.316 e. The second-order valence-electron chi connectivity index (χ2n) is 7.12. The predicted molar refractivity (Wildman–Crippen MR) is 121 cm³/mol. The first-order valence-electron chi connectivity index (χ1n) is 9.72. The lowest BCUT2D eigenvalue weighted by Crippen LogP contribution is -1.93. The van der Waals surface area contributed by atoms with Crippen LogP contribution < -0.4 is 0 Å². The number of hydrogen-bond acceptors (Lipinski definition) is 2. The molecule has 0 aliphatic carbocycles. The van der Waals surface area contributed by atoms with Gasteiger partial charge in [0.2, 0.25) is 0 Å². The summed E-state index contributed by atoms with van der Waals surface area (Å²) in [5.41, 5.74) is 5.87. The first kappa shape index (κ1) is 17.9. The standard InChI is InChI=1S/C26H18N2O2/c29-28(30)26-16-7-5-14-23(26)24-18-27(25-15-6-4-13-22(24)25)21-12-8-11-20(17-21)19-9-2-1-3-10-19/h1-18H. The second kappa shape index (κ2) is 7.33. The van der Waals surface area contributed by atoms with Crippen LogP contribution in [0, 0.1) is 10.1 Å². The van der Waals surface area contributed by atoms with Gasteiger partial charge in [0.25, 0.3) is 5.69 Å². The van der Waals surface area contributed by atoms with Gasteiger partial charge in [0, 0.05) is 28.9 Å². The molecule has 0 radical (unpaired) electrons. The number of rotatable bonds is 4. The van der Waals surface area contributed by atoms with Crippen LogP contribution >= 0.6 is 0 Å². The van der Waals surface area contributed by atoms with Gasteiger partial charge in [-0.05, 0) is 35.4 Å². The lowest BCUT2D eigenvalue weighted by atomic mass is 10.0. The van der Waals surface area contributed by atoms with E-state index in [0.717, 1.165) is 33.3 Å². The van der Waals surface area contributed by atoms with Gasteiger partial charge in [0.1, 0.15) is 0 Å². The molecule has 4 aromatic carbocycles. The minimum absolute atomic E-state index is 0.110. The lowest BCUT2D eigenvalue weighted by molar-refractivity contribution is -0.384. The van der Waals surface area contributed by atoms with Crippen molar-refractivity contribution in [2.24, 2.45) is 0 Å². The number of para-hydroxylation sites is 2. The maximum atomic E-state index is 11.6. The number of nitrogens with zero attached hydrogens (tertiary/aromatic N) is 2. The molecule has 5 aromatic rings. The molecule has 0 spiro atoms. The van der Waals surface area contributed by atoms with Crippen LogP contribution in [0.1, 0.15) is 0 Å². The Morgan fingerprint density at radius 3 is 2.20 bits per heavy atom. The molecule has 0 amide bonds. The first-order chi connectivity index (χ1) is 14.7. The highest BCUT2D eigenvalue weighted by atomic mass is 16.6. The zero-order valence-electron chi connectivity index (χ0n) is 16.1. The minimum atomic E-state index is -0.322. The third kappa shape index (κ3) is 3.05. The Balaban J connectivity index is 1.73. The van der Waals surface area contributed by atoms with E-state index in [2.05, 4.69) is 34.9 Å². The highest BCUT2D eigenvalue weighted by Gasteiger charge is 2.19. The molecule has 0 aliphatic rings. The van der Waals surface area contributed by atoms with Crippen molar-refractivity contribution in [3.05, 3.63) is 119 Å². The highest BCUT2D eigenvalue weighted by molar-refractivity contribution is 5.99. The van der Waals surface area contributed by atoms with Gasteiger partial charge in [-0.25, -0.2) is 0 Å². The summed E-state index contributed by atoms with van der Waals surface area (Å²) < 4.78 is 2.10. The van der Waals surface area contributed by atoms with Crippen LogP contribution in [0.4, 0.5) is 5.69 Å². The average molecular weight is 390 g/mol. The summed E-state index contributed by atoms with van der Waals surface area (Å²) in [5, 5.41) is 12.6. The fourth-order valence-corrected chi connectivity index (χ4v) is 3.93. The second-order valence-corrected chi connectivity index (χ2v) is 7.12. The van der Waals surface area contributed by atoms with Gasteiger partial charge in [-0.15, -0.1) is 0 Å². The Hall–Kier alpha value is -4.18. The highest BCUT2D eigenvalue weighted by Crippen LogP contribution is 2.37. The Labute approximate surface area is 173 Å². The smallest absolute Gasteiger partial charge is 0.277 e. The van der Waals surface area contributed by atoms with Gasteiger partial charge >= 0.3 is 0 Å². The van der Waals surface area contributed by atoms with Gasteiger partial charge in [-0.3, -0.25) is 10.1 Å². The summed E-state index contributed by atoms with van der Waals surface area (Å²) in [4.78, 5) is 11.3. The van der Waals surface area contributed by atoms with Crippen molar-refractivity contribution in [1.82, 2.24) is 4.57 Å². The van der Waals surface area contributed by atoms with Gasteiger partial charge < -0.3 is 4.57 Å². The fourth-order valence-electron chi connectivity index (χ4n) is 3.93. The number of aromatic nitrogens is 1. The van der Waals surface area contributed by atoms with Crippen molar-refractivity contribution in [3.63, 3.8) is 0 Å². The number of nitro benzene ring substituents is 1. The average Bonchev–Trinajstić information content (AvgIpc) is 3.19. The van der Waals surface area contributed by atoms with Gasteiger partial charge in [0.05, 0.1) is 16.0 Å². The molecule has 1 heterocycles. The van der Waals surface area contributed by atoms with Crippen LogP contribution in [0.15, 0.2) is 109 Å². The third-order valence-electron chi connectivity index (χ3n) is 5.33. The van der Waals surface area contributed by atoms with Crippen molar-refractivity contribution < 1.29 is 4.92 Å². The van der Waals surface area contributed by atoms with Crippen molar-refractivity contribution in [3.8, 4) is 27.9 Å². The Kier molecular flexibility index (Phi) is 4.37. The molecule has 5 rings (SSSR count). The molecular formula is C26H18N2O2. The zero-order valence-corrected chi connectivity index (χ0v) is 16.1. The van der Waals surface area contributed by atoms with Crippen molar-refractivity contribution in [1.29, 1.82) is 0 Å². The number of nitro groups is 1. The Bertz CT molecular complexity index is 1370. The SMILES string of the molecule is O=[N+]([O-])c1ccccc1-c1cn(-c2cccc(-c3ccccc3)c2)c2ccccc12. The normalized spacial score (nSPS) is 10.9. The third-order valence-corrected chi connectivity index (χ3v) is 5.33. The van der Waals surface area contributed by atoms with E-state index in [-0.39, 0.29) is 10.6 Å². The van der Waals surface area contributed by atoms with Gasteiger partial charge in [0.15, 0.2) is 0 Å². The maximum Gasteiger partial charge on any atom is 0.277 e. The summed E-state index contributed by atoms with van der Waals surface area (Å²) >= 11 is 0. The van der Waals surface area contributed by atoms with E-state index in [9.17, 15) is 10.1 Å². The van der Waals surface area contributed by atoms with Crippen LogP contribution in [0.2, 0.25) is 0 Å². The Morgan fingerprint density at radius 1 is 0.667 bits per heavy atom. The van der Waals surface area contributed by atoms with E-state index >= 15 is 0 Å². The molecule has 144 valence electrons. The van der Waals surface area contributed by atoms with Gasteiger partial charge in [-0.1, -0.05) is 72.8 Å². The quantitative estimate of drug-likeness (QED) is 0.248. The predicted octanol–water partition coefficient (Wildman–Crippen LogP) is 6.87. The summed E-state index contributed by atoms with van der Waals surface area (Å²) in [6.07, 6.45) is 2.00. The summed E-state index contributed by atoms with van der Waals surface area (Å²) in [6.45, 7) is 0. The van der Waals surface area contributed by atoms with Gasteiger partial charge in [-0.2, -0.15) is 0 Å². The monoisotopic (exact) mass is 390 g/mol. The lowest BCUT2D eigenvalue weighted by Gasteiger charge is -2.08. The molecule has 0 atom stereocenters. The van der Waals surface area contributed by atoms with E-state index < -0.39 is 0 Å². The number of hydrogen-bond donors (Lipinski definition) is 0. The topological polar surface area (TPSA) is 48.1 Å². The summed E-state index contributed by atoms with van der Waals surface area (Å²) in [7, 11) is 0. The van der Waals surface area contributed by atoms with E-state index in [4.69, 9.17) is 0 Å². The number of benzene rings is 4. The molecule has 0 fully saturated rings. The molecule has 4 heteroatoms. The molecule has 0 saturated carbocycles. The molecule has 0 saturated heterocycles. The molecule has 0 aliphatic heterocycles. The van der Waals surface area contributed by atoms with Crippen LogP contribution in [0.3, 0.4) is 0 Å². The maximum absolute atomic E-state index is 11.6. The summed E-state index contributed by atoms with van der Waals surface area (Å²) in [6, 6.07) is 33.5. The molecular weight excluding hydrogens is 372 g/mol. The number of fused-ring (bicyclic) bond motifs is 1. The molecule has 0 bridgehead atoms. The van der Waals surface area contributed by atoms with Crippen LogP contribution in [-0.4, -0.2) is 9.49 Å². The zero-order chi connectivity index (χ0) is 20.5. The largest absolute Gasteiger partial charge is 0.316 e. The fraction of sp³-hybridized carbons (Fsp3) is 0. The van der Waals surface area contributed by atoms with E-state index in [0.29, 0.717) is 5.56 Å². The molecule has 0 N–H and O–H groups in total. The van der Waals surface area contributed by atoms with E-state index in [1.165, 1.54) is 0 Å². The Morgan fingerprint density at radius 2 is 1.37 bits per heavy atom. The molecule has 0 unspecified atom stereocenters. The van der Waals surface area contributed by atoms with Crippen LogP contribution in [-0.2, 0) is 0 Å². The van der Waals surface area contributed by atoms with Crippen molar-refractivity contribution >= 4 is 16.6 Å². The van der Waals surface area contributed by atoms with Crippen molar-refractivity contribution in [2.75, 3.05) is 0 Å².